The summed E-state index contributed by atoms with van der Waals surface area (Å²) in [7, 11) is 0. The van der Waals surface area contributed by atoms with Crippen molar-refractivity contribution in [1.29, 1.82) is 0 Å². The first kappa shape index (κ1) is 12.6. The molecule has 0 atom stereocenters. The van der Waals surface area contributed by atoms with Gasteiger partial charge in [-0.2, -0.15) is 0 Å². The third kappa shape index (κ3) is 2.21. The van der Waals surface area contributed by atoms with Gasteiger partial charge in [0, 0.05) is 16.7 Å². The highest BCUT2D eigenvalue weighted by molar-refractivity contribution is 6.31. The third-order valence-corrected chi connectivity index (χ3v) is 3.25. The molecule has 0 saturated heterocycles. The van der Waals surface area contributed by atoms with E-state index >= 15 is 0 Å². The molecule has 20 heavy (non-hydrogen) atoms. The topological polar surface area (TPSA) is 56.0 Å². The van der Waals surface area contributed by atoms with Gasteiger partial charge in [0.05, 0.1) is 21.5 Å². The zero-order chi connectivity index (χ0) is 14.1. The van der Waals surface area contributed by atoms with Gasteiger partial charge in [-0.05, 0) is 18.2 Å². The van der Waals surface area contributed by atoms with Gasteiger partial charge < -0.3 is 0 Å². The summed E-state index contributed by atoms with van der Waals surface area (Å²) in [5.74, 6) is 0. The zero-order valence-electron chi connectivity index (χ0n) is 10.3. The summed E-state index contributed by atoms with van der Waals surface area (Å²) in [5, 5.41) is 12.2. The van der Waals surface area contributed by atoms with Crippen LogP contribution in [0, 0.1) is 10.1 Å². The minimum absolute atomic E-state index is 0.0329. The number of fused-ring (bicyclic) bond motifs is 1. The van der Waals surface area contributed by atoms with Crippen molar-refractivity contribution in [2.24, 2.45) is 0 Å². The number of halogens is 1. The third-order valence-electron chi connectivity index (χ3n) is 3.02. The molecule has 4 nitrogen and oxygen atoms in total. The first-order valence-electron chi connectivity index (χ1n) is 5.95. The zero-order valence-corrected chi connectivity index (χ0v) is 11.0. The summed E-state index contributed by atoms with van der Waals surface area (Å²) >= 11 is 5.94. The highest BCUT2D eigenvalue weighted by atomic mass is 35.5. The van der Waals surface area contributed by atoms with Crippen molar-refractivity contribution in [3.8, 4) is 11.3 Å². The Morgan fingerprint density at radius 1 is 1.05 bits per heavy atom. The monoisotopic (exact) mass is 284 g/mol. The molecule has 0 bridgehead atoms. The van der Waals surface area contributed by atoms with Crippen LogP contribution in [-0.2, 0) is 0 Å². The lowest BCUT2D eigenvalue weighted by Gasteiger charge is -2.05. The van der Waals surface area contributed by atoms with Crippen LogP contribution in [0.4, 0.5) is 5.69 Å². The number of benzene rings is 2. The maximum atomic E-state index is 11.2. The molecule has 0 N–H and O–H groups in total. The Balaban J connectivity index is 2.32. The molecule has 1 aromatic heterocycles. The van der Waals surface area contributed by atoms with E-state index in [1.807, 2.05) is 30.3 Å². The number of rotatable bonds is 2. The molecule has 98 valence electrons. The smallest absolute Gasteiger partial charge is 0.258 e. The number of nitro groups is 1. The minimum atomic E-state index is -0.398. The summed E-state index contributed by atoms with van der Waals surface area (Å²) in [6.07, 6.45) is 0. The van der Waals surface area contributed by atoms with E-state index in [1.54, 1.807) is 18.2 Å². The summed E-state index contributed by atoms with van der Waals surface area (Å²) in [6, 6.07) is 15.7. The molecule has 0 aliphatic rings. The van der Waals surface area contributed by atoms with Crippen LogP contribution < -0.4 is 0 Å². The largest absolute Gasteiger partial charge is 0.280 e. The lowest BCUT2D eigenvalue weighted by atomic mass is 10.1. The van der Waals surface area contributed by atoms with Crippen LogP contribution in [0.2, 0.25) is 5.02 Å². The van der Waals surface area contributed by atoms with Crippen LogP contribution in [0.3, 0.4) is 0 Å². The normalized spacial score (nSPS) is 10.7. The van der Waals surface area contributed by atoms with Crippen LogP contribution >= 0.6 is 11.6 Å². The van der Waals surface area contributed by atoms with E-state index in [4.69, 9.17) is 11.6 Å². The quantitative estimate of drug-likeness (QED) is 0.515. The Morgan fingerprint density at radius 3 is 2.50 bits per heavy atom. The molecule has 0 radical (unpaired) electrons. The van der Waals surface area contributed by atoms with Crippen LogP contribution in [0.1, 0.15) is 0 Å². The first-order valence-corrected chi connectivity index (χ1v) is 6.33. The number of pyridine rings is 1. The number of aromatic nitrogens is 1. The molecule has 3 aromatic rings. The predicted octanol–water partition coefficient (Wildman–Crippen LogP) is 4.46. The fourth-order valence-corrected chi connectivity index (χ4v) is 2.26. The van der Waals surface area contributed by atoms with Gasteiger partial charge in [0.2, 0.25) is 0 Å². The molecule has 0 amide bonds. The van der Waals surface area contributed by atoms with Crippen molar-refractivity contribution in [1.82, 2.24) is 4.98 Å². The van der Waals surface area contributed by atoms with Crippen molar-refractivity contribution in [2.75, 3.05) is 0 Å². The summed E-state index contributed by atoms with van der Waals surface area (Å²) in [6.45, 7) is 0. The summed E-state index contributed by atoms with van der Waals surface area (Å²) < 4.78 is 0. The van der Waals surface area contributed by atoms with Gasteiger partial charge in [0.25, 0.3) is 5.69 Å². The van der Waals surface area contributed by atoms with Gasteiger partial charge >= 0.3 is 0 Å². The molecule has 2 aromatic carbocycles. The van der Waals surface area contributed by atoms with E-state index in [9.17, 15) is 10.1 Å². The van der Waals surface area contributed by atoms with Gasteiger partial charge in [-0.15, -0.1) is 0 Å². The Hall–Kier alpha value is -2.46. The molecule has 0 saturated carbocycles. The number of hydrogen-bond acceptors (Lipinski definition) is 3. The summed E-state index contributed by atoms with van der Waals surface area (Å²) in [5.41, 5.74) is 1.95. The maximum absolute atomic E-state index is 11.2. The molecule has 0 aliphatic heterocycles. The fraction of sp³-hybridized carbons (Fsp3) is 0. The minimum Gasteiger partial charge on any atom is -0.258 e. The highest BCUT2D eigenvalue weighted by Crippen LogP contribution is 2.31. The van der Waals surface area contributed by atoms with Gasteiger partial charge in [0.15, 0.2) is 0 Å². The lowest BCUT2D eigenvalue weighted by Crippen LogP contribution is -1.94. The van der Waals surface area contributed by atoms with Crippen molar-refractivity contribution >= 4 is 28.2 Å². The van der Waals surface area contributed by atoms with E-state index < -0.39 is 4.92 Å². The number of nitrogens with zero attached hydrogens (tertiary/aromatic N) is 2. The number of hydrogen-bond donors (Lipinski definition) is 0. The van der Waals surface area contributed by atoms with Crippen molar-refractivity contribution < 1.29 is 4.92 Å². The van der Waals surface area contributed by atoms with E-state index in [0.717, 1.165) is 5.56 Å². The van der Waals surface area contributed by atoms with Gasteiger partial charge in [0.1, 0.15) is 0 Å². The molecular weight excluding hydrogens is 276 g/mol. The van der Waals surface area contributed by atoms with E-state index in [-0.39, 0.29) is 5.69 Å². The molecule has 0 unspecified atom stereocenters. The SMILES string of the molecule is O=[N+]([O-])c1cc(-c2ccccc2)nc2cc(Cl)ccc12. The second kappa shape index (κ2) is 4.90. The van der Waals surface area contributed by atoms with E-state index in [2.05, 4.69) is 4.98 Å². The van der Waals surface area contributed by atoms with Gasteiger partial charge in [-0.1, -0.05) is 41.9 Å². The second-order valence-electron chi connectivity index (χ2n) is 4.31. The lowest BCUT2D eigenvalue weighted by molar-refractivity contribution is -0.383. The standard InChI is InChI=1S/C15H9ClN2O2/c16-11-6-7-12-14(8-11)17-13(9-15(12)18(19)20)10-4-2-1-3-5-10/h1-9H. The molecule has 5 heteroatoms. The van der Waals surface area contributed by atoms with Crippen LogP contribution in [0.25, 0.3) is 22.2 Å². The average Bonchev–Trinajstić information content (AvgIpc) is 2.46. The molecule has 1 heterocycles. The Morgan fingerprint density at radius 2 is 1.80 bits per heavy atom. The first-order chi connectivity index (χ1) is 9.65. The summed E-state index contributed by atoms with van der Waals surface area (Å²) in [4.78, 5) is 15.3. The maximum Gasteiger partial charge on any atom is 0.280 e. The molecule has 0 aliphatic carbocycles. The van der Waals surface area contributed by atoms with Crippen LogP contribution in [0.5, 0.6) is 0 Å². The van der Waals surface area contributed by atoms with Crippen LogP contribution in [0.15, 0.2) is 54.6 Å². The predicted molar refractivity (Wildman–Crippen MR) is 78.8 cm³/mol. The second-order valence-corrected chi connectivity index (χ2v) is 4.75. The molecular formula is C15H9ClN2O2. The van der Waals surface area contributed by atoms with Crippen molar-refractivity contribution in [3.05, 3.63) is 69.7 Å². The Kier molecular flexibility index (Phi) is 3.08. The Labute approximate surface area is 119 Å². The van der Waals surface area contributed by atoms with Crippen LogP contribution in [-0.4, -0.2) is 9.91 Å². The van der Waals surface area contributed by atoms with Crippen molar-refractivity contribution in [2.45, 2.75) is 0 Å². The van der Waals surface area contributed by atoms with E-state index in [1.165, 1.54) is 6.07 Å². The molecule has 0 spiro atoms. The fourth-order valence-electron chi connectivity index (χ4n) is 2.09. The molecule has 3 rings (SSSR count). The average molecular weight is 285 g/mol. The highest BCUT2D eigenvalue weighted by Gasteiger charge is 2.16. The van der Waals surface area contributed by atoms with Gasteiger partial charge in [-0.25, -0.2) is 4.98 Å². The van der Waals surface area contributed by atoms with Gasteiger partial charge in [-0.3, -0.25) is 10.1 Å². The Bertz CT molecular complexity index is 804. The molecule has 0 fully saturated rings. The van der Waals surface area contributed by atoms with E-state index in [0.29, 0.717) is 21.6 Å². The van der Waals surface area contributed by atoms with Crippen molar-refractivity contribution in [3.63, 3.8) is 0 Å².